The Labute approximate surface area is 86.8 Å². The fraction of sp³-hybridized carbons (Fsp3) is 0.538. The van der Waals surface area contributed by atoms with Crippen LogP contribution in [0.5, 0.6) is 0 Å². The van der Waals surface area contributed by atoms with Crippen molar-refractivity contribution in [1.29, 1.82) is 0 Å². The van der Waals surface area contributed by atoms with Crippen molar-refractivity contribution in [3.63, 3.8) is 0 Å². The first-order valence-electron chi connectivity index (χ1n) is 5.16. The Morgan fingerprint density at radius 1 is 1.07 bits per heavy atom. The van der Waals surface area contributed by atoms with Crippen molar-refractivity contribution in [2.24, 2.45) is 11.3 Å². The highest BCUT2D eigenvalue weighted by molar-refractivity contribution is 5.18. The molecule has 1 rings (SSSR count). The molecule has 0 aliphatic carbocycles. The molecule has 0 heterocycles. The molecule has 1 aromatic carbocycles. The van der Waals surface area contributed by atoms with Gasteiger partial charge in [0.25, 0.3) is 0 Å². The van der Waals surface area contributed by atoms with Gasteiger partial charge in [0.2, 0.25) is 0 Å². The molecule has 0 aliphatic heterocycles. The number of rotatable bonds is 2. The number of hydrogen-bond donors (Lipinski definition) is 1. The Bertz CT molecular complexity index is 271. The minimum Gasteiger partial charge on any atom is -0.388 e. The fourth-order valence-electron chi connectivity index (χ4n) is 1.41. The van der Waals surface area contributed by atoms with Gasteiger partial charge in [-0.05, 0) is 16.9 Å². The summed E-state index contributed by atoms with van der Waals surface area (Å²) in [6, 6.07) is 9.86. The lowest BCUT2D eigenvalue weighted by Crippen LogP contribution is -2.24. The van der Waals surface area contributed by atoms with Crippen molar-refractivity contribution >= 4 is 0 Å². The maximum absolute atomic E-state index is 10.1. The zero-order valence-corrected chi connectivity index (χ0v) is 9.49. The van der Waals surface area contributed by atoms with Crippen LogP contribution in [0.15, 0.2) is 30.3 Å². The largest absolute Gasteiger partial charge is 0.388 e. The summed E-state index contributed by atoms with van der Waals surface area (Å²) in [5, 5.41) is 10.1. The van der Waals surface area contributed by atoms with Crippen LogP contribution in [0.1, 0.15) is 39.4 Å². The molecule has 1 unspecified atom stereocenters. The van der Waals surface area contributed by atoms with Crippen LogP contribution in [0.25, 0.3) is 0 Å². The van der Waals surface area contributed by atoms with Gasteiger partial charge in [0.1, 0.15) is 0 Å². The van der Waals surface area contributed by atoms with E-state index in [1.165, 1.54) is 0 Å². The highest BCUT2D eigenvalue weighted by atomic mass is 16.3. The predicted octanol–water partition coefficient (Wildman–Crippen LogP) is 3.40. The third-order valence-corrected chi connectivity index (χ3v) is 2.98. The van der Waals surface area contributed by atoms with Crippen LogP contribution in [-0.2, 0) is 0 Å². The molecule has 0 aromatic heterocycles. The lowest BCUT2D eigenvalue weighted by atomic mass is 9.77. The SMILES string of the molecule is C[C@H](C(O)c1ccccc1)C(C)(C)C. The summed E-state index contributed by atoms with van der Waals surface area (Å²) >= 11 is 0. The van der Waals surface area contributed by atoms with Gasteiger partial charge in [-0.3, -0.25) is 0 Å². The summed E-state index contributed by atoms with van der Waals surface area (Å²) in [6.07, 6.45) is -0.365. The number of aliphatic hydroxyl groups is 1. The van der Waals surface area contributed by atoms with Crippen molar-refractivity contribution < 1.29 is 5.11 Å². The smallest absolute Gasteiger partial charge is 0.0820 e. The van der Waals surface area contributed by atoms with E-state index in [0.29, 0.717) is 0 Å². The standard InChI is InChI=1S/C13H20O/c1-10(13(2,3)4)12(14)11-8-6-5-7-9-11/h5-10,12,14H,1-4H3/t10-,12?/m1/s1. The van der Waals surface area contributed by atoms with Crippen molar-refractivity contribution in [2.45, 2.75) is 33.8 Å². The maximum Gasteiger partial charge on any atom is 0.0820 e. The summed E-state index contributed by atoms with van der Waals surface area (Å²) in [5.74, 6) is 0.255. The number of benzene rings is 1. The Morgan fingerprint density at radius 2 is 1.57 bits per heavy atom. The monoisotopic (exact) mass is 192 g/mol. The highest BCUT2D eigenvalue weighted by Gasteiger charge is 2.27. The zero-order chi connectivity index (χ0) is 10.8. The van der Waals surface area contributed by atoms with Crippen molar-refractivity contribution in [1.82, 2.24) is 0 Å². The van der Waals surface area contributed by atoms with Crippen LogP contribution >= 0.6 is 0 Å². The second-order valence-electron chi connectivity index (χ2n) is 5.01. The predicted molar refractivity (Wildman–Crippen MR) is 60.0 cm³/mol. The first kappa shape index (κ1) is 11.3. The van der Waals surface area contributed by atoms with Crippen LogP contribution in [0.3, 0.4) is 0 Å². The molecule has 0 bridgehead atoms. The molecule has 1 N–H and O–H groups in total. The van der Waals surface area contributed by atoms with Gasteiger partial charge in [0.05, 0.1) is 6.10 Å². The van der Waals surface area contributed by atoms with Crippen LogP contribution < -0.4 is 0 Å². The Morgan fingerprint density at radius 3 is 2.00 bits per heavy atom. The highest BCUT2D eigenvalue weighted by Crippen LogP contribution is 2.35. The summed E-state index contributed by atoms with van der Waals surface area (Å²) in [5.41, 5.74) is 1.14. The van der Waals surface area contributed by atoms with Gasteiger partial charge in [-0.15, -0.1) is 0 Å². The Balaban J connectivity index is 2.81. The molecular weight excluding hydrogens is 172 g/mol. The van der Waals surface area contributed by atoms with E-state index in [4.69, 9.17) is 0 Å². The van der Waals surface area contributed by atoms with Gasteiger partial charge < -0.3 is 5.11 Å². The second-order valence-corrected chi connectivity index (χ2v) is 5.01. The maximum atomic E-state index is 10.1. The average Bonchev–Trinajstić information content (AvgIpc) is 2.15. The van der Waals surface area contributed by atoms with Gasteiger partial charge >= 0.3 is 0 Å². The second kappa shape index (κ2) is 4.14. The molecule has 0 radical (unpaired) electrons. The minimum absolute atomic E-state index is 0.134. The molecule has 1 heteroatoms. The quantitative estimate of drug-likeness (QED) is 0.761. The van der Waals surface area contributed by atoms with Crippen LogP contribution in [0.4, 0.5) is 0 Å². The van der Waals surface area contributed by atoms with Gasteiger partial charge in [-0.25, -0.2) is 0 Å². The molecule has 2 atom stereocenters. The van der Waals surface area contributed by atoms with E-state index in [-0.39, 0.29) is 17.4 Å². The van der Waals surface area contributed by atoms with E-state index in [9.17, 15) is 5.11 Å². The number of hydrogen-bond acceptors (Lipinski definition) is 1. The molecule has 0 spiro atoms. The molecule has 0 aliphatic rings. The van der Waals surface area contributed by atoms with Gasteiger partial charge in [0, 0.05) is 0 Å². The first-order chi connectivity index (χ1) is 6.43. The third kappa shape index (κ3) is 2.58. The molecule has 0 amide bonds. The first-order valence-corrected chi connectivity index (χ1v) is 5.16. The van der Waals surface area contributed by atoms with E-state index in [1.807, 2.05) is 30.3 Å². The summed E-state index contributed by atoms with van der Waals surface area (Å²) in [7, 11) is 0. The molecule has 1 aromatic rings. The van der Waals surface area contributed by atoms with Crippen molar-refractivity contribution in [3.8, 4) is 0 Å². The lowest BCUT2D eigenvalue weighted by molar-refractivity contribution is 0.0535. The summed E-state index contributed by atoms with van der Waals surface area (Å²) in [6.45, 7) is 8.56. The Kier molecular flexibility index (Phi) is 3.33. The van der Waals surface area contributed by atoms with Gasteiger partial charge in [-0.1, -0.05) is 58.0 Å². The molecule has 78 valence electrons. The minimum atomic E-state index is -0.365. The van der Waals surface area contributed by atoms with E-state index in [1.54, 1.807) is 0 Å². The van der Waals surface area contributed by atoms with E-state index < -0.39 is 0 Å². The average molecular weight is 192 g/mol. The molecular formula is C13H20O. The lowest BCUT2D eigenvalue weighted by Gasteiger charge is -2.31. The van der Waals surface area contributed by atoms with Crippen molar-refractivity contribution in [2.75, 3.05) is 0 Å². The molecule has 0 saturated heterocycles. The fourth-order valence-corrected chi connectivity index (χ4v) is 1.41. The normalized spacial score (nSPS) is 16.4. The molecule has 0 fully saturated rings. The van der Waals surface area contributed by atoms with Crippen LogP contribution in [-0.4, -0.2) is 5.11 Å². The third-order valence-electron chi connectivity index (χ3n) is 2.98. The van der Waals surface area contributed by atoms with E-state index in [2.05, 4.69) is 27.7 Å². The molecule has 14 heavy (non-hydrogen) atoms. The van der Waals surface area contributed by atoms with Gasteiger partial charge in [0.15, 0.2) is 0 Å². The van der Waals surface area contributed by atoms with E-state index in [0.717, 1.165) is 5.56 Å². The van der Waals surface area contributed by atoms with E-state index >= 15 is 0 Å². The van der Waals surface area contributed by atoms with Crippen LogP contribution in [0, 0.1) is 11.3 Å². The summed E-state index contributed by atoms with van der Waals surface area (Å²) in [4.78, 5) is 0. The Hall–Kier alpha value is -0.820. The number of aliphatic hydroxyl groups excluding tert-OH is 1. The molecule has 1 nitrogen and oxygen atoms in total. The van der Waals surface area contributed by atoms with Gasteiger partial charge in [-0.2, -0.15) is 0 Å². The zero-order valence-electron chi connectivity index (χ0n) is 9.49. The van der Waals surface area contributed by atoms with Crippen LogP contribution in [0.2, 0.25) is 0 Å². The van der Waals surface area contributed by atoms with Crippen molar-refractivity contribution in [3.05, 3.63) is 35.9 Å². The topological polar surface area (TPSA) is 20.2 Å². The summed E-state index contributed by atoms with van der Waals surface area (Å²) < 4.78 is 0. The molecule has 0 saturated carbocycles.